The molecular formula is C22H24N4OS2. The molecule has 0 bridgehead atoms. The van der Waals surface area contributed by atoms with Crippen molar-refractivity contribution in [1.29, 1.82) is 0 Å². The van der Waals surface area contributed by atoms with Crippen LogP contribution >= 0.6 is 23.1 Å². The lowest BCUT2D eigenvalue weighted by Gasteiger charge is -2.33. The summed E-state index contributed by atoms with van der Waals surface area (Å²) in [5.74, 6) is 1.22. The number of hydrogen-bond donors (Lipinski definition) is 0. The lowest BCUT2D eigenvalue weighted by Crippen LogP contribution is -2.27. The minimum atomic E-state index is 0.0189. The number of para-hydroxylation sites is 1. The number of thiophene rings is 1. The lowest BCUT2D eigenvalue weighted by molar-refractivity contribution is 0.218. The molecule has 1 aliphatic carbocycles. The van der Waals surface area contributed by atoms with Gasteiger partial charge >= 0.3 is 0 Å². The van der Waals surface area contributed by atoms with E-state index in [4.69, 9.17) is 0 Å². The summed E-state index contributed by atoms with van der Waals surface area (Å²) in [7, 11) is 0. The number of hydrogen-bond acceptors (Lipinski definition) is 5. The van der Waals surface area contributed by atoms with Crippen molar-refractivity contribution in [3.63, 3.8) is 0 Å². The monoisotopic (exact) mass is 424 g/mol. The largest absolute Gasteiger partial charge is 0.268 e. The van der Waals surface area contributed by atoms with Gasteiger partial charge in [-0.25, -0.2) is 8.97 Å². The Balaban J connectivity index is 1.86. The molecule has 0 aliphatic heterocycles. The fourth-order valence-corrected chi connectivity index (χ4v) is 6.37. The van der Waals surface area contributed by atoms with E-state index in [2.05, 4.69) is 35.4 Å². The standard InChI is InChI=1S/C22H24N4OS2/c1-22(2,3)13-10-11-15-16(12-13)29-19-17(15)18(27)25(14-8-6-5-7-9-14)20-23-24-21(28-4)26(19)20/h5-9,13H,10-12H2,1-4H3/t13-/m0/s1. The van der Waals surface area contributed by atoms with E-state index in [1.54, 1.807) is 27.7 Å². The predicted molar refractivity (Wildman–Crippen MR) is 121 cm³/mol. The number of benzene rings is 1. The molecular weight excluding hydrogens is 400 g/mol. The number of fused-ring (bicyclic) bond motifs is 5. The molecule has 0 radical (unpaired) electrons. The van der Waals surface area contributed by atoms with Gasteiger partial charge in [0.05, 0.1) is 11.1 Å². The summed E-state index contributed by atoms with van der Waals surface area (Å²) in [5, 5.41) is 10.4. The van der Waals surface area contributed by atoms with Crippen LogP contribution in [0.2, 0.25) is 0 Å². The van der Waals surface area contributed by atoms with Gasteiger partial charge in [0.25, 0.3) is 5.56 Å². The first-order valence-corrected chi connectivity index (χ1v) is 12.0. The summed E-state index contributed by atoms with van der Waals surface area (Å²) in [6, 6.07) is 9.77. The minimum Gasteiger partial charge on any atom is -0.268 e. The molecule has 0 amide bonds. The third-order valence-corrected chi connectivity index (χ3v) is 7.97. The number of thioether (sulfide) groups is 1. The maximum atomic E-state index is 13.7. The van der Waals surface area contributed by atoms with Crippen LogP contribution in [-0.2, 0) is 12.8 Å². The van der Waals surface area contributed by atoms with Gasteiger partial charge in [-0.3, -0.25) is 4.79 Å². The molecule has 7 heteroatoms. The summed E-state index contributed by atoms with van der Waals surface area (Å²) in [6.45, 7) is 6.96. The Bertz CT molecular complexity index is 1280. The highest BCUT2D eigenvalue weighted by Gasteiger charge is 2.33. The van der Waals surface area contributed by atoms with Crippen molar-refractivity contribution in [2.75, 3.05) is 6.26 Å². The van der Waals surface area contributed by atoms with E-state index in [1.807, 2.05) is 36.6 Å². The second-order valence-corrected chi connectivity index (χ2v) is 10.6. The molecule has 1 aromatic carbocycles. The second-order valence-electron chi connectivity index (χ2n) is 8.79. The molecule has 0 fully saturated rings. The molecule has 150 valence electrons. The van der Waals surface area contributed by atoms with Crippen LogP contribution in [0, 0.1) is 11.3 Å². The first kappa shape index (κ1) is 18.9. The molecule has 3 aromatic heterocycles. The average molecular weight is 425 g/mol. The third-order valence-electron chi connectivity index (χ3n) is 6.10. The van der Waals surface area contributed by atoms with Crippen molar-refractivity contribution in [3.05, 3.63) is 51.1 Å². The summed E-state index contributed by atoms with van der Waals surface area (Å²) in [5.41, 5.74) is 2.36. The van der Waals surface area contributed by atoms with Gasteiger partial charge in [0.1, 0.15) is 4.83 Å². The van der Waals surface area contributed by atoms with Crippen LogP contribution in [0.3, 0.4) is 0 Å². The smallest absolute Gasteiger partial charge is 0.268 e. The highest BCUT2D eigenvalue weighted by molar-refractivity contribution is 7.98. The highest BCUT2D eigenvalue weighted by atomic mass is 32.2. The number of rotatable bonds is 2. The van der Waals surface area contributed by atoms with Crippen molar-refractivity contribution in [2.45, 2.75) is 45.2 Å². The van der Waals surface area contributed by atoms with Crippen LogP contribution in [0.1, 0.15) is 37.6 Å². The van der Waals surface area contributed by atoms with E-state index >= 15 is 0 Å². The molecule has 5 nitrogen and oxygen atoms in total. The Labute approximate surface area is 177 Å². The number of aromatic nitrogens is 4. The van der Waals surface area contributed by atoms with Gasteiger partial charge in [-0.05, 0) is 54.5 Å². The Kier molecular flexibility index (Phi) is 4.37. The van der Waals surface area contributed by atoms with Crippen LogP contribution in [0.5, 0.6) is 0 Å². The van der Waals surface area contributed by atoms with Gasteiger partial charge in [0.15, 0.2) is 5.16 Å². The lowest BCUT2D eigenvalue weighted by atomic mass is 9.72. The van der Waals surface area contributed by atoms with Crippen LogP contribution < -0.4 is 5.56 Å². The molecule has 0 saturated heterocycles. The van der Waals surface area contributed by atoms with Crippen LogP contribution in [-0.4, -0.2) is 25.4 Å². The number of aryl methyl sites for hydroxylation is 1. The summed E-state index contributed by atoms with van der Waals surface area (Å²) < 4.78 is 3.79. The fourth-order valence-electron chi connectivity index (χ4n) is 4.42. The van der Waals surface area contributed by atoms with Crippen molar-refractivity contribution in [2.24, 2.45) is 11.3 Å². The molecule has 29 heavy (non-hydrogen) atoms. The van der Waals surface area contributed by atoms with E-state index in [1.165, 1.54) is 10.4 Å². The molecule has 0 spiro atoms. The van der Waals surface area contributed by atoms with Crippen molar-refractivity contribution >= 4 is 39.1 Å². The van der Waals surface area contributed by atoms with E-state index in [-0.39, 0.29) is 11.0 Å². The van der Waals surface area contributed by atoms with E-state index in [0.717, 1.165) is 40.3 Å². The zero-order chi connectivity index (χ0) is 20.3. The molecule has 0 unspecified atom stereocenters. The topological polar surface area (TPSA) is 52.2 Å². The molecule has 1 aliphatic rings. The first-order valence-electron chi connectivity index (χ1n) is 9.94. The molecule has 5 rings (SSSR count). The van der Waals surface area contributed by atoms with Crippen LogP contribution in [0.25, 0.3) is 21.7 Å². The van der Waals surface area contributed by atoms with Gasteiger partial charge in [-0.1, -0.05) is 50.7 Å². The summed E-state index contributed by atoms with van der Waals surface area (Å²) >= 11 is 3.32. The Hall–Kier alpha value is -2.12. The third kappa shape index (κ3) is 2.86. The SMILES string of the molecule is CSc1nnc2n(-c3ccccc3)c(=O)c3c4c(sc3n12)C[C@@H](C(C)(C)C)CC4. The Morgan fingerprint density at radius 2 is 1.93 bits per heavy atom. The minimum absolute atomic E-state index is 0.0189. The second kappa shape index (κ2) is 6.71. The Morgan fingerprint density at radius 3 is 2.62 bits per heavy atom. The van der Waals surface area contributed by atoms with Crippen molar-refractivity contribution in [3.8, 4) is 5.69 Å². The normalized spacial score (nSPS) is 17.2. The van der Waals surface area contributed by atoms with Gasteiger partial charge in [-0.2, -0.15) is 0 Å². The van der Waals surface area contributed by atoms with Crippen molar-refractivity contribution in [1.82, 2.24) is 19.2 Å². The van der Waals surface area contributed by atoms with Crippen molar-refractivity contribution < 1.29 is 0 Å². The first-order chi connectivity index (χ1) is 13.9. The maximum absolute atomic E-state index is 13.7. The average Bonchev–Trinajstić information content (AvgIpc) is 3.29. The molecule has 0 saturated carbocycles. The zero-order valence-corrected chi connectivity index (χ0v) is 18.7. The van der Waals surface area contributed by atoms with Gasteiger partial charge < -0.3 is 0 Å². The van der Waals surface area contributed by atoms with Gasteiger partial charge in [0.2, 0.25) is 5.78 Å². The molecule has 3 heterocycles. The number of nitrogens with zero attached hydrogens (tertiary/aromatic N) is 4. The predicted octanol–water partition coefficient (Wildman–Crippen LogP) is 4.97. The van der Waals surface area contributed by atoms with E-state index in [0.29, 0.717) is 11.7 Å². The highest BCUT2D eigenvalue weighted by Crippen LogP contribution is 2.43. The fraction of sp³-hybridized carbons (Fsp3) is 0.409. The van der Waals surface area contributed by atoms with Gasteiger partial charge in [-0.15, -0.1) is 21.5 Å². The van der Waals surface area contributed by atoms with Crippen LogP contribution in [0.4, 0.5) is 0 Å². The van der Waals surface area contributed by atoms with Gasteiger partial charge in [0, 0.05) is 4.88 Å². The quantitative estimate of drug-likeness (QED) is 0.427. The summed E-state index contributed by atoms with van der Waals surface area (Å²) in [6.07, 6.45) is 5.14. The molecule has 1 atom stereocenters. The van der Waals surface area contributed by atoms with Crippen LogP contribution in [0.15, 0.2) is 40.3 Å². The Morgan fingerprint density at radius 1 is 1.17 bits per heavy atom. The molecule has 0 N–H and O–H groups in total. The maximum Gasteiger partial charge on any atom is 0.268 e. The van der Waals surface area contributed by atoms with E-state index < -0.39 is 0 Å². The van der Waals surface area contributed by atoms with E-state index in [9.17, 15) is 4.79 Å². The summed E-state index contributed by atoms with van der Waals surface area (Å²) in [4.78, 5) is 16.1. The molecule has 4 aromatic rings. The zero-order valence-electron chi connectivity index (χ0n) is 17.1.